The third kappa shape index (κ3) is 5.59. The predicted octanol–water partition coefficient (Wildman–Crippen LogP) is 2.73. The Bertz CT molecular complexity index is 566. The number of amides is 2. The number of carbonyl (C=O) groups excluding carboxylic acids is 1. The number of phenols is 1. The molecule has 0 spiro atoms. The van der Waals surface area contributed by atoms with Crippen LogP contribution in [0.5, 0.6) is 5.75 Å². The Labute approximate surface area is 139 Å². The zero-order valence-corrected chi connectivity index (χ0v) is 13.5. The average molecular weight is 345 g/mol. The van der Waals surface area contributed by atoms with Crippen LogP contribution in [0.3, 0.4) is 0 Å². The van der Waals surface area contributed by atoms with E-state index >= 15 is 0 Å². The Kier molecular flexibility index (Phi) is 5.93. The van der Waals surface area contributed by atoms with Crippen molar-refractivity contribution in [2.75, 3.05) is 32.7 Å². The van der Waals surface area contributed by atoms with Crippen LogP contribution in [-0.4, -0.2) is 59.8 Å². The molecule has 1 fully saturated rings. The normalized spacial score (nSPS) is 18.1. The lowest BCUT2D eigenvalue weighted by atomic mass is 10.1. The van der Waals surface area contributed by atoms with Crippen molar-refractivity contribution >= 4 is 6.03 Å². The minimum atomic E-state index is -4.22. The fourth-order valence-corrected chi connectivity index (χ4v) is 2.74. The van der Waals surface area contributed by atoms with Crippen molar-refractivity contribution in [3.8, 4) is 5.75 Å². The zero-order chi connectivity index (χ0) is 17.7. The summed E-state index contributed by atoms with van der Waals surface area (Å²) in [6.45, 7) is 2.06. The number of carbonyl (C=O) groups is 1. The van der Waals surface area contributed by atoms with Crippen molar-refractivity contribution in [1.29, 1.82) is 0 Å². The number of nitrogens with one attached hydrogen (secondary N) is 1. The molecule has 1 aliphatic rings. The van der Waals surface area contributed by atoms with Crippen molar-refractivity contribution in [2.24, 2.45) is 0 Å². The van der Waals surface area contributed by atoms with E-state index in [0.717, 1.165) is 5.56 Å². The van der Waals surface area contributed by atoms with Crippen molar-refractivity contribution < 1.29 is 23.1 Å². The van der Waals surface area contributed by atoms with Gasteiger partial charge in [-0.1, -0.05) is 12.1 Å². The first kappa shape index (κ1) is 18.4. The van der Waals surface area contributed by atoms with Crippen LogP contribution in [0.1, 0.15) is 24.9 Å². The molecule has 1 aliphatic heterocycles. The third-order valence-electron chi connectivity index (χ3n) is 3.99. The standard InChI is InChI=1S/C16H22F3N3O2/c1-12(13-4-2-5-14(23)10-13)20-15(24)22-7-3-6-21(8-9-22)11-16(17,18)19/h2,4-5,10,12,23H,3,6-9,11H2,1H3,(H,20,24)/t12-/m0/s1. The third-order valence-corrected chi connectivity index (χ3v) is 3.99. The summed E-state index contributed by atoms with van der Waals surface area (Å²) in [7, 11) is 0. The highest BCUT2D eigenvalue weighted by Crippen LogP contribution is 2.19. The maximum Gasteiger partial charge on any atom is 0.401 e. The summed E-state index contributed by atoms with van der Waals surface area (Å²) >= 11 is 0. The largest absolute Gasteiger partial charge is 0.508 e. The van der Waals surface area contributed by atoms with Gasteiger partial charge in [0.2, 0.25) is 0 Å². The maximum atomic E-state index is 12.5. The molecular weight excluding hydrogens is 323 g/mol. The number of halogens is 3. The molecule has 0 bridgehead atoms. The molecule has 0 saturated carbocycles. The van der Waals surface area contributed by atoms with Crippen molar-refractivity contribution in [3.63, 3.8) is 0 Å². The summed E-state index contributed by atoms with van der Waals surface area (Å²) in [5, 5.41) is 12.3. The Morgan fingerprint density at radius 3 is 2.71 bits per heavy atom. The molecular formula is C16H22F3N3O2. The molecule has 8 heteroatoms. The maximum absolute atomic E-state index is 12.5. The number of phenolic OH excluding ortho intramolecular Hbond substituents is 1. The summed E-state index contributed by atoms with van der Waals surface area (Å²) in [5.74, 6) is 0.117. The Morgan fingerprint density at radius 2 is 2.04 bits per heavy atom. The van der Waals surface area contributed by atoms with E-state index in [9.17, 15) is 23.1 Å². The molecule has 0 radical (unpaired) electrons. The van der Waals surface area contributed by atoms with Crippen LogP contribution < -0.4 is 5.32 Å². The van der Waals surface area contributed by atoms with Crippen LogP contribution in [0.25, 0.3) is 0 Å². The first-order valence-corrected chi connectivity index (χ1v) is 7.88. The van der Waals surface area contributed by atoms with Gasteiger partial charge in [0.05, 0.1) is 12.6 Å². The lowest BCUT2D eigenvalue weighted by Gasteiger charge is -2.24. The van der Waals surface area contributed by atoms with Gasteiger partial charge in [-0.05, 0) is 31.0 Å². The fourth-order valence-electron chi connectivity index (χ4n) is 2.74. The Hall–Kier alpha value is -1.96. The molecule has 0 aromatic heterocycles. The summed E-state index contributed by atoms with van der Waals surface area (Å²) in [6, 6.07) is 5.98. The van der Waals surface area contributed by atoms with Gasteiger partial charge < -0.3 is 15.3 Å². The molecule has 24 heavy (non-hydrogen) atoms. The van der Waals surface area contributed by atoms with Crippen molar-refractivity contribution in [1.82, 2.24) is 15.1 Å². The minimum Gasteiger partial charge on any atom is -0.508 e. The molecule has 5 nitrogen and oxygen atoms in total. The van der Waals surface area contributed by atoms with Crippen LogP contribution >= 0.6 is 0 Å². The average Bonchev–Trinajstić information content (AvgIpc) is 2.71. The van der Waals surface area contributed by atoms with E-state index in [2.05, 4.69) is 5.32 Å². The van der Waals surface area contributed by atoms with E-state index in [1.807, 2.05) is 0 Å². The van der Waals surface area contributed by atoms with Gasteiger partial charge in [-0.25, -0.2) is 4.79 Å². The topological polar surface area (TPSA) is 55.8 Å². The summed E-state index contributed by atoms with van der Waals surface area (Å²) in [5.41, 5.74) is 0.761. The Balaban J connectivity index is 1.88. The van der Waals surface area contributed by atoms with Gasteiger partial charge in [-0.3, -0.25) is 4.90 Å². The van der Waals surface area contributed by atoms with E-state index in [1.165, 1.54) is 9.80 Å². The smallest absolute Gasteiger partial charge is 0.401 e. The van der Waals surface area contributed by atoms with Crippen molar-refractivity contribution in [2.45, 2.75) is 25.6 Å². The van der Waals surface area contributed by atoms with Crippen LogP contribution in [0.4, 0.5) is 18.0 Å². The molecule has 2 amide bonds. The predicted molar refractivity (Wildman–Crippen MR) is 83.7 cm³/mol. The number of benzene rings is 1. The molecule has 1 aromatic carbocycles. The van der Waals surface area contributed by atoms with Gasteiger partial charge in [0.25, 0.3) is 0 Å². The van der Waals surface area contributed by atoms with Crippen molar-refractivity contribution in [3.05, 3.63) is 29.8 Å². The van der Waals surface area contributed by atoms with E-state index in [-0.39, 0.29) is 30.9 Å². The lowest BCUT2D eigenvalue weighted by Crippen LogP contribution is -2.43. The highest BCUT2D eigenvalue weighted by atomic mass is 19.4. The molecule has 0 aliphatic carbocycles. The van der Waals surface area contributed by atoms with Crippen LogP contribution in [0, 0.1) is 0 Å². The van der Waals surface area contributed by atoms with E-state index < -0.39 is 12.7 Å². The van der Waals surface area contributed by atoms with Gasteiger partial charge in [0.15, 0.2) is 0 Å². The number of hydrogen-bond acceptors (Lipinski definition) is 3. The number of aromatic hydroxyl groups is 1. The molecule has 2 N–H and O–H groups in total. The quantitative estimate of drug-likeness (QED) is 0.886. The summed E-state index contributed by atoms with van der Waals surface area (Å²) in [4.78, 5) is 15.2. The SMILES string of the molecule is C[C@H](NC(=O)N1CCCN(CC(F)(F)F)CC1)c1cccc(O)c1. The molecule has 1 saturated heterocycles. The lowest BCUT2D eigenvalue weighted by molar-refractivity contribution is -0.145. The minimum absolute atomic E-state index is 0.117. The number of alkyl halides is 3. The number of hydrogen-bond donors (Lipinski definition) is 2. The number of urea groups is 1. The molecule has 1 heterocycles. The summed E-state index contributed by atoms with van der Waals surface area (Å²) in [6.07, 6.45) is -3.72. The second-order valence-electron chi connectivity index (χ2n) is 6.00. The van der Waals surface area contributed by atoms with Crippen LogP contribution in [0.2, 0.25) is 0 Å². The highest BCUT2D eigenvalue weighted by Gasteiger charge is 2.32. The van der Waals surface area contributed by atoms with Gasteiger partial charge in [0.1, 0.15) is 5.75 Å². The number of rotatable bonds is 3. The highest BCUT2D eigenvalue weighted by molar-refractivity contribution is 5.74. The zero-order valence-electron chi connectivity index (χ0n) is 13.5. The second-order valence-corrected chi connectivity index (χ2v) is 6.00. The molecule has 1 atom stereocenters. The molecule has 0 unspecified atom stereocenters. The van der Waals surface area contributed by atoms with E-state index in [1.54, 1.807) is 31.2 Å². The van der Waals surface area contributed by atoms with E-state index in [0.29, 0.717) is 19.5 Å². The molecule has 2 rings (SSSR count). The first-order chi connectivity index (χ1) is 11.2. The second kappa shape index (κ2) is 7.74. The van der Waals surface area contributed by atoms with Crippen LogP contribution in [-0.2, 0) is 0 Å². The first-order valence-electron chi connectivity index (χ1n) is 7.88. The molecule has 1 aromatic rings. The Morgan fingerprint density at radius 1 is 1.29 bits per heavy atom. The van der Waals surface area contributed by atoms with Crippen LogP contribution in [0.15, 0.2) is 24.3 Å². The van der Waals surface area contributed by atoms with Gasteiger partial charge >= 0.3 is 12.2 Å². The van der Waals surface area contributed by atoms with Gasteiger partial charge in [-0.15, -0.1) is 0 Å². The number of nitrogens with zero attached hydrogens (tertiary/aromatic N) is 2. The van der Waals surface area contributed by atoms with E-state index in [4.69, 9.17) is 0 Å². The fraction of sp³-hybridized carbons (Fsp3) is 0.562. The van der Waals surface area contributed by atoms with Gasteiger partial charge in [-0.2, -0.15) is 13.2 Å². The summed E-state index contributed by atoms with van der Waals surface area (Å²) < 4.78 is 37.4. The molecule has 134 valence electrons. The van der Waals surface area contributed by atoms with Gasteiger partial charge in [0, 0.05) is 26.2 Å². The monoisotopic (exact) mass is 345 g/mol.